The van der Waals surface area contributed by atoms with Gasteiger partial charge in [-0.25, -0.2) is 0 Å². The van der Waals surface area contributed by atoms with Crippen LogP contribution < -0.4 is 0 Å². The van der Waals surface area contributed by atoms with Gasteiger partial charge in [-0.05, 0) is 211 Å². The molecule has 0 amide bonds. The van der Waals surface area contributed by atoms with Crippen LogP contribution in [0.1, 0.15) is 18.1 Å². The smallest absolute Gasteiger partial charge is 0.00255 e. The van der Waals surface area contributed by atoms with Crippen molar-refractivity contribution in [3.05, 3.63) is 218 Å². The molecule has 0 atom stereocenters. The predicted molar refractivity (Wildman–Crippen MR) is 267 cm³/mol. The minimum Gasteiger partial charge on any atom is -0.0984 e. The third kappa shape index (κ3) is 5.83. The summed E-state index contributed by atoms with van der Waals surface area (Å²) in [6.45, 7) is 6.19. The predicted octanol–water partition coefficient (Wildman–Crippen LogP) is 17.5. The molecule has 0 saturated carbocycles. The van der Waals surface area contributed by atoms with Gasteiger partial charge in [-0.3, -0.25) is 0 Å². The maximum absolute atomic E-state index is 4.12. The molecule has 12 aromatic carbocycles. The largest absolute Gasteiger partial charge is 0.0984 e. The lowest BCUT2D eigenvalue weighted by Gasteiger charge is -2.20. The fourth-order valence-corrected chi connectivity index (χ4v) is 9.92. The van der Waals surface area contributed by atoms with Gasteiger partial charge in [-0.2, -0.15) is 0 Å². The summed E-state index contributed by atoms with van der Waals surface area (Å²) in [6.07, 6.45) is 6.24. The molecule has 0 aromatic heterocycles. The molecule has 0 bridgehead atoms. The topological polar surface area (TPSA) is 0 Å². The average molecular weight is 773 g/mol. The lowest BCUT2D eigenvalue weighted by atomic mass is 9.83. The molecule has 0 heteroatoms. The molecular weight excluding hydrogens is 733 g/mol. The Morgan fingerprint density at radius 3 is 0.984 bits per heavy atom. The van der Waals surface area contributed by atoms with E-state index in [1.54, 1.807) is 0 Å². The third-order valence-corrected chi connectivity index (χ3v) is 12.9. The van der Waals surface area contributed by atoms with E-state index in [1.165, 1.54) is 125 Å². The van der Waals surface area contributed by atoms with Gasteiger partial charge in [0.1, 0.15) is 0 Å². The molecule has 0 nitrogen and oxygen atoms in total. The van der Waals surface area contributed by atoms with Crippen LogP contribution in [0, 0.1) is 0 Å². The minimum atomic E-state index is 1.13. The molecule has 0 aliphatic heterocycles. The van der Waals surface area contributed by atoms with Gasteiger partial charge >= 0.3 is 0 Å². The van der Waals surface area contributed by atoms with Gasteiger partial charge in [0.15, 0.2) is 0 Å². The van der Waals surface area contributed by atoms with Crippen molar-refractivity contribution in [1.29, 1.82) is 0 Å². The van der Waals surface area contributed by atoms with E-state index >= 15 is 0 Å². The number of fused-ring (bicyclic) bond motifs is 5. The van der Waals surface area contributed by atoms with Crippen LogP contribution in [0.4, 0.5) is 0 Å². The first-order valence-electron chi connectivity index (χ1n) is 21.2. The molecule has 284 valence electrons. The molecule has 0 aliphatic carbocycles. The first kappa shape index (κ1) is 35.2. The van der Waals surface area contributed by atoms with Crippen LogP contribution in [0.3, 0.4) is 0 Å². The Hall–Kier alpha value is -7.80. The van der Waals surface area contributed by atoms with Crippen molar-refractivity contribution in [2.75, 3.05) is 0 Å². The number of hydrogen-bond acceptors (Lipinski definition) is 0. The van der Waals surface area contributed by atoms with Crippen molar-refractivity contribution >= 4 is 87.6 Å². The summed E-state index contributed by atoms with van der Waals surface area (Å²) in [4.78, 5) is 0. The Morgan fingerprint density at radius 2 is 0.623 bits per heavy atom. The maximum atomic E-state index is 4.12. The van der Waals surface area contributed by atoms with Gasteiger partial charge in [-0.15, -0.1) is 0 Å². The summed E-state index contributed by atoms with van der Waals surface area (Å²) in [5.74, 6) is 0. The zero-order chi connectivity index (χ0) is 40.6. The molecule has 61 heavy (non-hydrogen) atoms. The molecule has 0 saturated heterocycles. The molecule has 12 rings (SSSR count). The van der Waals surface area contributed by atoms with Crippen LogP contribution in [0.25, 0.3) is 132 Å². The van der Waals surface area contributed by atoms with E-state index in [1.807, 2.05) is 6.08 Å². The molecule has 0 heterocycles. The standard InChI is InChI=1S/C61H40/c1-3-11-42-26-46(22-18-38(42)4-2)50-30-54-31-51(47-23-19-39-12-5-8-15-43(39)27-47)36-58-59-37-53(49-25-21-41-14-7-10-17-45(41)29-49)33-55-32-52(35-57(61(55)59)56(34-50)60(54)58)48-24-20-40-13-6-9-16-44(40)28-48/h3-37H,2H2,1H3/b11-3-. The van der Waals surface area contributed by atoms with E-state index < -0.39 is 0 Å². The molecule has 0 radical (unpaired) electrons. The van der Waals surface area contributed by atoms with Crippen molar-refractivity contribution in [2.45, 2.75) is 6.92 Å². The highest BCUT2D eigenvalue weighted by Crippen LogP contribution is 2.47. The second-order valence-electron chi connectivity index (χ2n) is 16.5. The lowest BCUT2D eigenvalue weighted by molar-refractivity contribution is 1.58. The van der Waals surface area contributed by atoms with Crippen LogP contribution in [0.15, 0.2) is 207 Å². The minimum absolute atomic E-state index is 1.13. The molecular formula is C61H40. The molecule has 0 unspecified atom stereocenters. The Balaban J connectivity index is 1.22. The number of rotatable bonds is 6. The lowest BCUT2D eigenvalue weighted by Crippen LogP contribution is -1.93. The number of benzene rings is 12. The number of hydrogen-bond donors (Lipinski definition) is 0. The second kappa shape index (κ2) is 13.9. The maximum Gasteiger partial charge on any atom is -0.00255 e. The highest BCUT2D eigenvalue weighted by molar-refractivity contribution is 6.35. The van der Waals surface area contributed by atoms with Gasteiger partial charge in [0, 0.05) is 0 Å². The van der Waals surface area contributed by atoms with E-state index in [0.29, 0.717) is 0 Å². The summed E-state index contributed by atoms with van der Waals surface area (Å²) < 4.78 is 0. The van der Waals surface area contributed by atoms with Crippen molar-refractivity contribution in [2.24, 2.45) is 0 Å². The SMILES string of the molecule is C=Cc1ccc(-c2cc3cc(-c4ccc5ccccc5c4)cc4c5cc(-c6ccc7ccccc7c6)cc6cc(-c7ccc8ccccc8c7)cc(c(c2)c34)c65)cc1/C=C\C. The zero-order valence-electron chi connectivity index (χ0n) is 33.9. The van der Waals surface area contributed by atoms with E-state index in [9.17, 15) is 0 Å². The third-order valence-electron chi connectivity index (χ3n) is 12.9. The van der Waals surface area contributed by atoms with Gasteiger partial charge in [0.2, 0.25) is 0 Å². The van der Waals surface area contributed by atoms with Gasteiger partial charge in [0.25, 0.3) is 0 Å². The van der Waals surface area contributed by atoms with Crippen LogP contribution in [-0.4, -0.2) is 0 Å². The second-order valence-corrected chi connectivity index (χ2v) is 16.5. The van der Waals surface area contributed by atoms with Crippen LogP contribution in [0.2, 0.25) is 0 Å². The zero-order valence-corrected chi connectivity index (χ0v) is 33.9. The van der Waals surface area contributed by atoms with Crippen molar-refractivity contribution < 1.29 is 0 Å². The normalized spacial score (nSPS) is 12.0. The molecule has 0 fully saturated rings. The molecule has 0 spiro atoms. The molecule has 0 N–H and O–H groups in total. The fraction of sp³-hybridized carbons (Fsp3) is 0.0164. The Kier molecular flexibility index (Phi) is 8.02. The highest BCUT2D eigenvalue weighted by atomic mass is 14.2. The van der Waals surface area contributed by atoms with E-state index in [-0.39, 0.29) is 0 Å². The molecule has 12 aromatic rings. The fourth-order valence-electron chi connectivity index (χ4n) is 9.92. The number of allylic oxidation sites excluding steroid dienone is 1. The molecule has 0 aliphatic rings. The highest BCUT2D eigenvalue weighted by Gasteiger charge is 2.19. The summed E-state index contributed by atoms with van der Waals surface area (Å²) >= 11 is 0. The van der Waals surface area contributed by atoms with E-state index in [0.717, 1.165) is 5.56 Å². The van der Waals surface area contributed by atoms with Crippen molar-refractivity contribution in [3.8, 4) is 44.5 Å². The van der Waals surface area contributed by atoms with Crippen LogP contribution >= 0.6 is 0 Å². The summed E-state index contributed by atoms with van der Waals surface area (Å²) in [6, 6.07) is 72.9. The average Bonchev–Trinajstić information content (AvgIpc) is 3.32. The van der Waals surface area contributed by atoms with Gasteiger partial charge < -0.3 is 0 Å². The monoisotopic (exact) mass is 772 g/mol. The van der Waals surface area contributed by atoms with Crippen LogP contribution in [-0.2, 0) is 0 Å². The van der Waals surface area contributed by atoms with Crippen LogP contribution in [0.5, 0.6) is 0 Å². The first-order valence-corrected chi connectivity index (χ1v) is 21.2. The summed E-state index contributed by atoms with van der Waals surface area (Å²) in [5.41, 5.74) is 12.0. The summed E-state index contributed by atoms with van der Waals surface area (Å²) in [7, 11) is 0. The summed E-state index contributed by atoms with van der Waals surface area (Å²) in [5, 5.41) is 17.7. The first-order chi connectivity index (χ1) is 30.1. The Bertz CT molecular complexity index is 3780. The van der Waals surface area contributed by atoms with Gasteiger partial charge in [0.05, 0.1) is 0 Å². The van der Waals surface area contributed by atoms with E-state index in [4.69, 9.17) is 0 Å². The van der Waals surface area contributed by atoms with Crippen molar-refractivity contribution in [1.82, 2.24) is 0 Å². The van der Waals surface area contributed by atoms with Gasteiger partial charge in [-0.1, -0.05) is 146 Å². The van der Waals surface area contributed by atoms with Crippen molar-refractivity contribution in [3.63, 3.8) is 0 Å². The quantitative estimate of drug-likeness (QED) is 0.117. The Labute approximate surface area is 355 Å². The van der Waals surface area contributed by atoms with E-state index in [2.05, 4.69) is 220 Å². The Morgan fingerprint density at radius 1 is 0.295 bits per heavy atom.